The second-order valence-electron chi connectivity index (χ2n) is 5.80. The molecule has 3 aromatic rings. The Labute approximate surface area is 171 Å². The summed E-state index contributed by atoms with van der Waals surface area (Å²) in [6.07, 6.45) is 0. The van der Waals surface area contributed by atoms with Crippen LogP contribution in [0, 0.1) is 0 Å². The molecule has 0 fully saturated rings. The Hall–Kier alpha value is -2.35. The lowest BCUT2D eigenvalue weighted by Gasteiger charge is -2.09. The maximum Gasteiger partial charge on any atom is 0.281 e. The third kappa shape index (κ3) is 4.22. The summed E-state index contributed by atoms with van der Waals surface area (Å²) in [6, 6.07) is 10.6. The molecule has 0 atom stereocenters. The molecule has 0 aliphatic carbocycles. The van der Waals surface area contributed by atoms with Gasteiger partial charge in [0.2, 0.25) is 0 Å². The number of methoxy groups -OCH3 is 2. The van der Waals surface area contributed by atoms with E-state index in [-0.39, 0.29) is 5.91 Å². The molecule has 1 heterocycles. The van der Waals surface area contributed by atoms with Crippen molar-refractivity contribution in [3.8, 4) is 11.5 Å². The van der Waals surface area contributed by atoms with Crippen molar-refractivity contribution in [1.29, 1.82) is 0 Å². The van der Waals surface area contributed by atoms with Gasteiger partial charge in [-0.15, -0.1) is 0 Å². The maximum atomic E-state index is 12.7. The topological polar surface area (TPSA) is 62.1 Å². The minimum Gasteiger partial charge on any atom is -0.493 e. The number of benzene rings is 2. The second kappa shape index (κ2) is 9.23. The van der Waals surface area contributed by atoms with E-state index in [2.05, 4.69) is 4.99 Å². The molecule has 148 valence electrons. The number of fused-ring (bicyclic) bond motifs is 1. The first-order valence-corrected chi connectivity index (χ1v) is 9.95. The van der Waals surface area contributed by atoms with E-state index in [1.165, 1.54) is 11.3 Å². The van der Waals surface area contributed by atoms with Crippen LogP contribution in [0.15, 0.2) is 41.4 Å². The number of halogens is 1. The van der Waals surface area contributed by atoms with Crippen LogP contribution in [-0.4, -0.2) is 37.9 Å². The Morgan fingerprint density at radius 2 is 1.89 bits per heavy atom. The molecule has 8 heteroatoms. The molecule has 6 nitrogen and oxygen atoms in total. The molecule has 0 aliphatic heterocycles. The highest BCUT2D eigenvalue weighted by molar-refractivity contribution is 7.16. The van der Waals surface area contributed by atoms with Gasteiger partial charge in [-0.05, 0) is 19.1 Å². The number of carbonyl (C=O) groups is 1. The molecule has 28 heavy (non-hydrogen) atoms. The second-order valence-corrected chi connectivity index (χ2v) is 7.22. The molecule has 0 saturated heterocycles. The number of thiazole rings is 1. The van der Waals surface area contributed by atoms with Crippen LogP contribution >= 0.6 is 22.9 Å². The number of nitrogens with zero attached hydrogens (tertiary/aromatic N) is 2. The smallest absolute Gasteiger partial charge is 0.281 e. The van der Waals surface area contributed by atoms with Gasteiger partial charge in [0, 0.05) is 25.3 Å². The number of ether oxygens (including phenoxy) is 3. The van der Waals surface area contributed by atoms with Gasteiger partial charge in [-0.1, -0.05) is 35.1 Å². The van der Waals surface area contributed by atoms with Gasteiger partial charge < -0.3 is 18.8 Å². The highest BCUT2D eigenvalue weighted by atomic mass is 35.5. The highest BCUT2D eigenvalue weighted by Crippen LogP contribution is 2.33. The van der Waals surface area contributed by atoms with Crippen molar-refractivity contribution in [2.45, 2.75) is 13.5 Å². The van der Waals surface area contributed by atoms with Crippen LogP contribution in [0.2, 0.25) is 5.02 Å². The molecule has 0 radical (unpaired) electrons. The molecule has 0 unspecified atom stereocenters. The predicted octanol–water partition coefficient (Wildman–Crippen LogP) is 4.15. The summed E-state index contributed by atoms with van der Waals surface area (Å²) in [4.78, 5) is 17.6. The summed E-state index contributed by atoms with van der Waals surface area (Å²) < 4.78 is 19.2. The summed E-state index contributed by atoms with van der Waals surface area (Å²) in [6.45, 7) is 3.61. The van der Waals surface area contributed by atoms with Crippen LogP contribution in [-0.2, 0) is 11.3 Å². The molecule has 0 aliphatic rings. The van der Waals surface area contributed by atoms with E-state index in [1.807, 2.05) is 23.6 Å². The van der Waals surface area contributed by atoms with Gasteiger partial charge in [0.15, 0.2) is 16.3 Å². The molecule has 0 bridgehead atoms. The normalized spacial score (nSPS) is 11.8. The molecule has 3 rings (SSSR count). The average Bonchev–Trinajstić information content (AvgIpc) is 3.03. The molecule has 0 N–H and O–H groups in total. The fourth-order valence-corrected chi connectivity index (χ4v) is 4.06. The Bertz CT molecular complexity index is 1060. The number of amides is 1. The number of aromatic nitrogens is 1. The highest BCUT2D eigenvalue weighted by Gasteiger charge is 2.14. The standard InChI is InChI=1S/C20H21ClN2O4S/c1-4-27-10-9-23-15-11-16(25-2)17(26-3)12-18(15)28-20(23)22-19(24)13-7-5-6-8-14(13)21/h5-8,11-12H,4,9-10H2,1-3H3. The molecule has 2 aromatic carbocycles. The summed E-state index contributed by atoms with van der Waals surface area (Å²) in [7, 11) is 3.18. The van der Waals surface area contributed by atoms with Crippen LogP contribution in [0.3, 0.4) is 0 Å². The van der Waals surface area contributed by atoms with E-state index >= 15 is 0 Å². The van der Waals surface area contributed by atoms with Gasteiger partial charge in [-0.3, -0.25) is 4.79 Å². The SMILES string of the molecule is CCOCCn1c(=NC(=O)c2ccccc2Cl)sc2cc(OC)c(OC)cc21. The summed E-state index contributed by atoms with van der Waals surface area (Å²) in [5, 5.41) is 0.376. The van der Waals surface area contributed by atoms with E-state index in [0.717, 1.165) is 10.2 Å². The number of hydrogen-bond acceptors (Lipinski definition) is 5. The first-order valence-electron chi connectivity index (χ1n) is 8.75. The summed E-state index contributed by atoms with van der Waals surface area (Å²) in [5.41, 5.74) is 1.27. The fourth-order valence-electron chi connectivity index (χ4n) is 2.78. The van der Waals surface area contributed by atoms with E-state index in [9.17, 15) is 4.79 Å². The van der Waals surface area contributed by atoms with Crippen LogP contribution < -0.4 is 14.3 Å². The zero-order valence-corrected chi connectivity index (χ0v) is 17.5. The monoisotopic (exact) mass is 420 g/mol. The van der Waals surface area contributed by atoms with Crippen LogP contribution in [0.4, 0.5) is 0 Å². The maximum absolute atomic E-state index is 12.7. The number of hydrogen-bond donors (Lipinski definition) is 0. The molecule has 1 aromatic heterocycles. The number of carbonyl (C=O) groups excluding carboxylic acids is 1. The minimum atomic E-state index is -0.388. The van der Waals surface area contributed by atoms with Gasteiger partial charge in [0.05, 0.1) is 41.6 Å². The quantitative estimate of drug-likeness (QED) is 0.538. The molecule has 0 saturated carbocycles. The van der Waals surface area contributed by atoms with Crippen molar-refractivity contribution in [2.24, 2.45) is 4.99 Å². The van der Waals surface area contributed by atoms with Gasteiger partial charge in [-0.25, -0.2) is 0 Å². The fraction of sp³-hybridized carbons (Fsp3) is 0.300. The Balaban J connectivity index is 2.15. The lowest BCUT2D eigenvalue weighted by molar-refractivity contribution is 0.0997. The van der Waals surface area contributed by atoms with Gasteiger partial charge in [0.25, 0.3) is 5.91 Å². The zero-order chi connectivity index (χ0) is 20.1. The third-order valence-electron chi connectivity index (χ3n) is 4.15. The Morgan fingerprint density at radius 3 is 2.57 bits per heavy atom. The average molecular weight is 421 g/mol. The van der Waals surface area contributed by atoms with E-state index in [0.29, 0.717) is 46.6 Å². The largest absolute Gasteiger partial charge is 0.493 e. The van der Waals surface area contributed by atoms with Crippen molar-refractivity contribution in [3.63, 3.8) is 0 Å². The van der Waals surface area contributed by atoms with Crippen LogP contribution in [0.5, 0.6) is 11.5 Å². The summed E-state index contributed by atoms with van der Waals surface area (Å²) in [5.74, 6) is 0.848. The molecule has 0 spiro atoms. The lowest BCUT2D eigenvalue weighted by Crippen LogP contribution is -2.19. The molecular weight excluding hydrogens is 400 g/mol. The number of rotatable bonds is 7. The Kier molecular flexibility index (Phi) is 6.72. The lowest BCUT2D eigenvalue weighted by atomic mass is 10.2. The van der Waals surface area contributed by atoms with Gasteiger partial charge in [0.1, 0.15) is 0 Å². The van der Waals surface area contributed by atoms with Crippen molar-refractivity contribution < 1.29 is 19.0 Å². The van der Waals surface area contributed by atoms with Crippen molar-refractivity contribution in [2.75, 3.05) is 27.4 Å². The first-order chi connectivity index (χ1) is 13.6. The van der Waals surface area contributed by atoms with Crippen molar-refractivity contribution in [1.82, 2.24) is 4.57 Å². The Morgan fingerprint density at radius 1 is 1.18 bits per heavy atom. The third-order valence-corrected chi connectivity index (χ3v) is 5.52. The van der Waals surface area contributed by atoms with Gasteiger partial charge in [-0.2, -0.15) is 4.99 Å². The van der Waals surface area contributed by atoms with E-state index < -0.39 is 0 Å². The van der Waals surface area contributed by atoms with E-state index in [1.54, 1.807) is 38.5 Å². The van der Waals surface area contributed by atoms with Gasteiger partial charge >= 0.3 is 0 Å². The zero-order valence-electron chi connectivity index (χ0n) is 15.9. The molecule has 1 amide bonds. The van der Waals surface area contributed by atoms with Crippen LogP contribution in [0.1, 0.15) is 17.3 Å². The first kappa shape index (κ1) is 20.4. The van der Waals surface area contributed by atoms with Crippen LogP contribution in [0.25, 0.3) is 10.2 Å². The van der Waals surface area contributed by atoms with Crippen molar-refractivity contribution >= 4 is 39.1 Å². The predicted molar refractivity (Wildman–Crippen MR) is 111 cm³/mol. The van der Waals surface area contributed by atoms with E-state index in [4.69, 9.17) is 25.8 Å². The molecular formula is C20H21ClN2O4S. The minimum absolute atomic E-state index is 0.369. The van der Waals surface area contributed by atoms with Crippen molar-refractivity contribution in [3.05, 3.63) is 51.8 Å². The summed E-state index contributed by atoms with van der Waals surface area (Å²) >= 11 is 7.55.